The Kier molecular flexibility index (Phi) is 4.38. The third-order valence-corrected chi connectivity index (χ3v) is 3.58. The number of carbonyl (C=O) groups is 1. The molecule has 0 fully saturated rings. The van der Waals surface area contributed by atoms with Crippen molar-refractivity contribution < 1.29 is 9.53 Å². The molecule has 0 saturated heterocycles. The first-order valence-electron chi connectivity index (χ1n) is 6.85. The molecule has 2 aromatic carbocycles. The Morgan fingerprint density at radius 2 is 1.86 bits per heavy atom. The smallest absolute Gasteiger partial charge is 0.156 e. The third-order valence-electron chi connectivity index (χ3n) is 3.28. The molecule has 0 atom stereocenters. The quantitative estimate of drug-likeness (QED) is 0.695. The lowest BCUT2D eigenvalue weighted by Crippen LogP contribution is -2.13. The Hall–Kier alpha value is -1.80. The highest BCUT2D eigenvalue weighted by Crippen LogP contribution is 2.38. The van der Waals surface area contributed by atoms with Crippen molar-refractivity contribution in [3.63, 3.8) is 0 Å². The molecule has 0 spiro atoms. The number of para-hydroxylation sites is 1. The average Bonchev–Trinajstić information content (AvgIpc) is 2.41. The number of halogens is 1. The lowest BCUT2D eigenvalue weighted by atomic mass is 9.85. The Morgan fingerprint density at radius 1 is 1.14 bits per heavy atom. The van der Waals surface area contributed by atoms with Crippen LogP contribution < -0.4 is 4.74 Å². The summed E-state index contributed by atoms with van der Waals surface area (Å²) in [5.41, 5.74) is 2.63. The van der Waals surface area contributed by atoms with Crippen molar-refractivity contribution in [3.05, 3.63) is 58.1 Å². The second-order valence-corrected chi connectivity index (χ2v) is 6.53. The van der Waals surface area contributed by atoms with Crippen molar-refractivity contribution in [2.45, 2.75) is 33.1 Å². The molecule has 2 rings (SSSR count). The number of hydrogen-bond acceptors (Lipinski definition) is 2. The molecule has 2 aromatic rings. The van der Waals surface area contributed by atoms with E-state index in [4.69, 9.17) is 16.3 Å². The van der Waals surface area contributed by atoms with Gasteiger partial charge in [-0.05, 0) is 30.5 Å². The van der Waals surface area contributed by atoms with E-state index in [0.717, 1.165) is 17.6 Å². The fourth-order valence-electron chi connectivity index (χ4n) is 2.15. The van der Waals surface area contributed by atoms with Crippen molar-refractivity contribution in [3.8, 4) is 11.5 Å². The van der Waals surface area contributed by atoms with Crippen molar-refractivity contribution in [1.29, 1.82) is 0 Å². The molecule has 0 aliphatic rings. The van der Waals surface area contributed by atoms with E-state index >= 15 is 0 Å². The summed E-state index contributed by atoms with van der Waals surface area (Å²) in [5, 5.41) is 0.431. The molecular weight excluding hydrogens is 284 g/mol. The van der Waals surface area contributed by atoms with Crippen molar-refractivity contribution in [1.82, 2.24) is 0 Å². The third kappa shape index (κ3) is 3.45. The van der Waals surface area contributed by atoms with E-state index in [2.05, 4.69) is 26.8 Å². The Balaban J connectivity index is 2.53. The van der Waals surface area contributed by atoms with Gasteiger partial charge < -0.3 is 4.74 Å². The zero-order chi connectivity index (χ0) is 15.6. The van der Waals surface area contributed by atoms with Gasteiger partial charge in [0, 0.05) is 5.56 Å². The summed E-state index contributed by atoms with van der Waals surface area (Å²) < 4.78 is 5.98. The maximum Gasteiger partial charge on any atom is 0.156 e. The molecule has 0 amide bonds. The Bertz CT molecular complexity index is 669. The van der Waals surface area contributed by atoms with Crippen LogP contribution in [0, 0.1) is 6.92 Å². The predicted octanol–water partition coefficient (Wildman–Crippen LogP) is 5.55. The van der Waals surface area contributed by atoms with E-state index in [0.29, 0.717) is 16.3 Å². The van der Waals surface area contributed by atoms with Crippen LogP contribution in [-0.2, 0) is 5.41 Å². The maximum absolute atomic E-state index is 11.2. The van der Waals surface area contributed by atoms with Gasteiger partial charge in [0.25, 0.3) is 0 Å². The van der Waals surface area contributed by atoms with E-state index < -0.39 is 0 Å². The Morgan fingerprint density at radius 3 is 2.48 bits per heavy atom. The van der Waals surface area contributed by atoms with Gasteiger partial charge in [-0.3, -0.25) is 4.79 Å². The first-order chi connectivity index (χ1) is 9.82. The molecule has 0 aromatic heterocycles. The van der Waals surface area contributed by atoms with Gasteiger partial charge in [0.15, 0.2) is 12.0 Å². The topological polar surface area (TPSA) is 26.3 Å². The maximum atomic E-state index is 11.2. The van der Waals surface area contributed by atoms with Gasteiger partial charge in [-0.2, -0.15) is 0 Å². The standard InChI is InChI=1S/C18H19ClO2/c1-12-8-9-16(14(10-12)18(2,3)4)21-17-13(11-20)6-5-7-15(17)19/h5-11H,1-4H3. The SMILES string of the molecule is Cc1ccc(Oc2c(Cl)cccc2C=O)c(C(C)(C)C)c1. The molecule has 0 radical (unpaired) electrons. The fourth-order valence-corrected chi connectivity index (χ4v) is 2.38. The Labute approximate surface area is 130 Å². The van der Waals surface area contributed by atoms with Crippen LogP contribution in [0.4, 0.5) is 0 Å². The van der Waals surface area contributed by atoms with Crippen LogP contribution >= 0.6 is 11.6 Å². The van der Waals surface area contributed by atoms with Gasteiger partial charge in [0.1, 0.15) is 5.75 Å². The summed E-state index contributed by atoms with van der Waals surface area (Å²) in [6.45, 7) is 8.43. The molecule has 0 aliphatic carbocycles. The van der Waals surface area contributed by atoms with E-state index in [-0.39, 0.29) is 5.41 Å². The largest absolute Gasteiger partial charge is 0.455 e. The number of ether oxygens (including phenoxy) is 1. The van der Waals surface area contributed by atoms with Gasteiger partial charge in [-0.25, -0.2) is 0 Å². The number of aldehydes is 1. The highest BCUT2D eigenvalue weighted by Gasteiger charge is 2.21. The monoisotopic (exact) mass is 302 g/mol. The number of benzene rings is 2. The molecule has 0 bridgehead atoms. The minimum atomic E-state index is -0.0655. The van der Waals surface area contributed by atoms with Gasteiger partial charge in [0.05, 0.1) is 10.6 Å². The fraction of sp³-hybridized carbons (Fsp3) is 0.278. The van der Waals surface area contributed by atoms with E-state index in [9.17, 15) is 4.79 Å². The zero-order valence-corrected chi connectivity index (χ0v) is 13.5. The van der Waals surface area contributed by atoms with Crippen LogP contribution in [0.25, 0.3) is 0 Å². The predicted molar refractivity (Wildman–Crippen MR) is 86.8 cm³/mol. The molecule has 21 heavy (non-hydrogen) atoms. The van der Waals surface area contributed by atoms with Crippen molar-refractivity contribution in [2.24, 2.45) is 0 Å². The zero-order valence-electron chi connectivity index (χ0n) is 12.7. The number of rotatable bonds is 3. The van der Waals surface area contributed by atoms with Crippen molar-refractivity contribution in [2.75, 3.05) is 0 Å². The molecule has 0 saturated carbocycles. The van der Waals surface area contributed by atoms with Gasteiger partial charge in [0.2, 0.25) is 0 Å². The molecule has 110 valence electrons. The van der Waals surface area contributed by atoms with Gasteiger partial charge >= 0.3 is 0 Å². The average molecular weight is 303 g/mol. The van der Waals surface area contributed by atoms with Crippen LogP contribution in [0.3, 0.4) is 0 Å². The minimum Gasteiger partial charge on any atom is -0.455 e. The van der Waals surface area contributed by atoms with Crippen LogP contribution in [0.1, 0.15) is 42.3 Å². The molecule has 0 unspecified atom stereocenters. The lowest BCUT2D eigenvalue weighted by molar-refractivity contribution is 0.112. The summed E-state index contributed by atoms with van der Waals surface area (Å²) in [4.78, 5) is 11.2. The van der Waals surface area contributed by atoms with E-state index in [1.54, 1.807) is 18.2 Å². The molecule has 0 heterocycles. The van der Waals surface area contributed by atoms with Crippen LogP contribution in [0.5, 0.6) is 11.5 Å². The highest BCUT2D eigenvalue weighted by molar-refractivity contribution is 6.32. The molecular formula is C18H19ClO2. The molecule has 0 N–H and O–H groups in total. The second-order valence-electron chi connectivity index (χ2n) is 6.13. The summed E-state index contributed by atoms with van der Waals surface area (Å²) in [7, 11) is 0. The van der Waals surface area contributed by atoms with E-state index in [1.807, 2.05) is 19.1 Å². The first kappa shape index (κ1) is 15.6. The second kappa shape index (κ2) is 5.90. The van der Waals surface area contributed by atoms with Gasteiger partial charge in [-0.15, -0.1) is 0 Å². The summed E-state index contributed by atoms with van der Waals surface area (Å²) in [6.07, 6.45) is 0.756. The molecule has 2 nitrogen and oxygen atoms in total. The van der Waals surface area contributed by atoms with Crippen molar-refractivity contribution >= 4 is 17.9 Å². The summed E-state index contributed by atoms with van der Waals surface area (Å²) >= 11 is 6.17. The van der Waals surface area contributed by atoms with Crippen LogP contribution in [0.15, 0.2) is 36.4 Å². The summed E-state index contributed by atoms with van der Waals surface area (Å²) in [5.74, 6) is 1.13. The van der Waals surface area contributed by atoms with Crippen LogP contribution in [-0.4, -0.2) is 6.29 Å². The first-order valence-corrected chi connectivity index (χ1v) is 7.23. The van der Waals surface area contributed by atoms with Crippen LogP contribution in [0.2, 0.25) is 5.02 Å². The molecule has 0 aliphatic heterocycles. The lowest BCUT2D eigenvalue weighted by Gasteiger charge is -2.23. The number of hydrogen-bond donors (Lipinski definition) is 0. The normalized spacial score (nSPS) is 11.3. The number of aryl methyl sites for hydroxylation is 1. The molecule has 3 heteroatoms. The highest BCUT2D eigenvalue weighted by atomic mass is 35.5. The van der Waals surface area contributed by atoms with E-state index in [1.165, 1.54) is 5.56 Å². The summed E-state index contributed by atoms with van der Waals surface area (Å²) in [6, 6.07) is 11.2. The van der Waals surface area contributed by atoms with Gasteiger partial charge in [-0.1, -0.05) is 56.1 Å². The number of carbonyl (C=O) groups excluding carboxylic acids is 1. The minimum absolute atomic E-state index is 0.0655.